The lowest BCUT2D eigenvalue weighted by Gasteiger charge is -2.06. The Morgan fingerprint density at radius 3 is 2.46 bits per heavy atom. The second kappa shape index (κ2) is 7.15. The number of ketones is 1. The van der Waals surface area contributed by atoms with Crippen molar-refractivity contribution in [3.63, 3.8) is 0 Å². The van der Waals surface area contributed by atoms with Gasteiger partial charge < -0.3 is 9.84 Å². The van der Waals surface area contributed by atoms with E-state index in [9.17, 15) is 4.79 Å². The normalized spacial score (nSPS) is 11.3. The summed E-state index contributed by atoms with van der Waals surface area (Å²) < 4.78 is 5.28. The minimum atomic E-state index is -0.145. The molecule has 5 heteroatoms. The maximum Gasteiger partial charge on any atom is 0.198 e. The number of halogens is 1. The molecule has 0 aliphatic rings. The summed E-state index contributed by atoms with van der Waals surface area (Å²) in [7, 11) is 0. The van der Waals surface area contributed by atoms with Gasteiger partial charge in [0.25, 0.3) is 0 Å². The van der Waals surface area contributed by atoms with Crippen LogP contribution in [0.25, 0.3) is 5.57 Å². The van der Waals surface area contributed by atoms with E-state index in [1.54, 1.807) is 36.5 Å². The highest BCUT2D eigenvalue weighted by Gasteiger charge is 2.18. The zero-order valence-electron chi connectivity index (χ0n) is 13.0. The maximum absolute atomic E-state index is 12.8. The smallest absolute Gasteiger partial charge is 0.198 e. The molecule has 0 saturated carbocycles. The van der Waals surface area contributed by atoms with Gasteiger partial charge in [-0.2, -0.15) is 0 Å². The number of benzene rings is 2. The molecular formula is C19H15ClN2O2. The lowest BCUT2D eigenvalue weighted by Crippen LogP contribution is -2.04. The summed E-state index contributed by atoms with van der Waals surface area (Å²) in [6.45, 7) is 1.81. The number of nitrogens with zero attached hydrogens (tertiary/aromatic N) is 1. The fraction of sp³-hybridized carbons (Fsp3) is 0.0526. The highest BCUT2D eigenvalue weighted by atomic mass is 35.5. The van der Waals surface area contributed by atoms with Crippen LogP contribution in [-0.4, -0.2) is 10.9 Å². The third-order valence-corrected chi connectivity index (χ3v) is 3.65. The van der Waals surface area contributed by atoms with Crippen LogP contribution in [0.4, 0.5) is 5.69 Å². The Bertz CT molecular complexity index is 868. The highest BCUT2D eigenvalue weighted by molar-refractivity contribution is 6.30. The van der Waals surface area contributed by atoms with Gasteiger partial charge in [-0.25, -0.2) is 0 Å². The Morgan fingerprint density at radius 2 is 1.83 bits per heavy atom. The number of hydrogen-bond donors (Lipinski definition) is 1. The van der Waals surface area contributed by atoms with Crippen LogP contribution in [0.2, 0.25) is 5.02 Å². The first-order valence-corrected chi connectivity index (χ1v) is 7.77. The van der Waals surface area contributed by atoms with Gasteiger partial charge in [-0.05, 0) is 31.2 Å². The molecule has 1 heterocycles. The van der Waals surface area contributed by atoms with Crippen LogP contribution in [0.3, 0.4) is 0 Å². The standard InChI is InChI=1S/C19H15ClN2O2/c1-13-11-18(24-22-13)17(19(23)14-5-3-2-4-6-14)12-21-16-9-7-15(20)8-10-16/h2-12,21H,1H3/b17-12+. The van der Waals surface area contributed by atoms with Crippen LogP contribution in [0.15, 0.2) is 71.4 Å². The third-order valence-electron chi connectivity index (χ3n) is 3.40. The molecule has 1 N–H and O–H groups in total. The van der Waals surface area contributed by atoms with Crippen LogP contribution in [0.5, 0.6) is 0 Å². The SMILES string of the molecule is Cc1cc(/C(=C\Nc2ccc(Cl)cc2)C(=O)c2ccccc2)on1. The first kappa shape index (κ1) is 16.0. The highest BCUT2D eigenvalue weighted by Crippen LogP contribution is 2.22. The van der Waals surface area contributed by atoms with Crippen LogP contribution in [0.1, 0.15) is 21.8 Å². The number of nitrogens with one attached hydrogen (secondary N) is 1. The van der Waals surface area contributed by atoms with E-state index >= 15 is 0 Å². The van der Waals surface area contributed by atoms with E-state index in [-0.39, 0.29) is 5.78 Å². The lowest BCUT2D eigenvalue weighted by atomic mass is 10.0. The second-order valence-electron chi connectivity index (χ2n) is 5.24. The van der Waals surface area contributed by atoms with Gasteiger partial charge in [0.1, 0.15) is 0 Å². The number of rotatable bonds is 5. The second-order valence-corrected chi connectivity index (χ2v) is 5.67. The molecule has 120 valence electrons. The van der Waals surface area contributed by atoms with Gasteiger partial charge >= 0.3 is 0 Å². The van der Waals surface area contributed by atoms with Crippen molar-refractivity contribution in [2.24, 2.45) is 0 Å². The third kappa shape index (κ3) is 3.73. The van der Waals surface area contributed by atoms with Crippen molar-refractivity contribution < 1.29 is 9.32 Å². The molecule has 24 heavy (non-hydrogen) atoms. The van der Waals surface area contributed by atoms with Crippen molar-refractivity contribution in [3.05, 3.63) is 88.9 Å². The average Bonchev–Trinajstić information content (AvgIpc) is 3.03. The molecule has 3 aromatic rings. The fourth-order valence-electron chi connectivity index (χ4n) is 2.19. The van der Waals surface area contributed by atoms with Crippen molar-refractivity contribution >= 4 is 28.6 Å². The minimum Gasteiger partial charge on any atom is -0.361 e. The van der Waals surface area contributed by atoms with Crippen LogP contribution >= 0.6 is 11.6 Å². The maximum atomic E-state index is 12.8. The summed E-state index contributed by atoms with van der Waals surface area (Å²) in [6, 6.07) is 18.0. The first-order valence-electron chi connectivity index (χ1n) is 7.39. The number of aromatic nitrogens is 1. The molecule has 2 aromatic carbocycles. The molecule has 0 atom stereocenters. The first-order chi connectivity index (χ1) is 11.6. The summed E-state index contributed by atoms with van der Waals surface area (Å²) in [5, 5.41) is 7.62. The summed E-state index contributed by atoms with van der Waals surface area (Å²) in [4.78, 5) is 12.8. The Kier molecular flexibility index (Phi) is 4.77. The Hall–Kier alpha value is -2.85. The van der Waals surface area contributed by atoms with Crippen molar-refractivity contribution in [2.75, 3.05) is 5.32 Å². The van der Waals surface area contributed by atoms with Gasteiger partial charge in [0.2, 0.25) is 0 Å². The Morgan fingerprint density at radius 1 is 1.12 bits per heavy atom. The number of anilines is 1. The van der Waals surface area contributed by atoms with Gasteiger partial charge in [0, 0.05) is 28.5 Å². The summed E-state index contributed by atoms with van der Waals surface area (Å²) in [5.41, 5.74) is 2.50. The molecule has 3 rings (SSSR count). The number of aryl methyl sites for hydroxylation is 1. The molecular weight excluding hydrogens is 324 g/mol. The molecule has 0 spiro atoms. The Labute approximate surface area is 144 Å². The summed E-state index contributed by atoms with van der Waals surface area (Å²) in [6.07, 6.45) is 1.62. The predicted molar refractivity (Wildman–Crippen MR) is 95.1 cm³/mol. The van der Waals surface area contributed by atoms with Crippen LogP contribution in [-0.2, 0) is 0 Å². The lowest BCUT2D eigenvalue weighted by molar-refractivity contribution is 0.105. The number of allylic oxidation sites excluding steroid dienone is 1. The van der Waals surface area contributed by atoms with E-state index in [0.717, 1.165) is 5.69 Å². The average molecular weight is 339 g/mol. The quantitative estimate of drug-likeness (QED) is 0.527. The van der Waals surface area contributed by atoms with Crippen molar-refractivity contribution in [2.45, 2.75) is 6.92 Å². The molecule has 0 radical (unpaired) electrons. The van der Waals surface area contributed by atoms with E-state index in [1.165, 1.54) is 0 Å². The molecule has 0 bridgehead atoms. The number of carbonyl (C=O) groups is 1. The molecule has 0 fully saturated rings. The molecule has 4 nitrogen and oxygen atoms in total. The zero-order valence-corrected chi connectivity index (χ0v) is 13.7. The van der Waals surface area contributed by atoms with E-state index < -0.39 is 0 Å². The van der Waals surface area contributed by atoms with Crippen molar-refractivity contribution in [1.82, 2.24) is 5.16 Å². The van der Waals surface area contributed by atoms with Crippen LogP contribution in [0, 0.1) is 6.92 Å². The summed E-state index contributed by atoms with van der Waals surface area (Å²) in [5.74, 6) is 0.274. The molecule has 1 aromatic heterocycles. The molecule has 0 aliphatic carbocycles. The topological polar surface area (TPSA) is 55.1 Å². The van der Waals surface area contributed by atoms with Gasteiger partial charge in [0.05, 0.1) is 11.3 Å². The van der Waals surface area contributed by atoms with Gasteiger partial charge in [-0.1, -0.05) is 47.1 Å². The molecule has 0 aliphatic heterocycles. The minimum absolute atomic E-state index is 0.145. The molecule has 0 amide bonds. The predicted octanol–water partition coefficient (Wildman–Crippen LogP) is 4.97. The zero-order chi connectivity index (χ0) is 16.9. The van der Waals surface area contributed by atoms with Crippen molar-refractivity contribution in [1.29, 1.82) is 0 Å². The van der Waals surface area contributed by atoms with E-state index in [2.05, 4.69) is 10.5 Å². The van der Waals surface area contributed by atoms with Gasteiger partial charge in [0.15, 0.2) is 11.5 Å². The van der Waals surface area contributed by atoms with Gasteiger partial charge in [-0.3, -0.25) is 4.79 Å². The van der Waals surface area contributed by atoms with Gasteiger partial charge in [-0.15, -0.1) is 0 Å². The monoisotopic (exact) mass is 338 g/mol. The van der Waals surface area contributed by atoms with Crippen LogP contribution < -0.4 is 5.32 Å². The van der Waals surface area contributed by atoms with E-state index in [0.29, 0.717) is 27.6 Å². The Balaban J connectivity index is 1.94. The largest absolute Gasteiger partial charge is 0.361 e. The number of Topliss-reactive ketones (excluding diaryl/α,β-unsaturated/α-hetero) is 1. The van der Waals surface area contributed by atoms with E-state index in [4.69, 9.17) is 16.1 Å². The van der Waals surface area contributed by atoms with E-state index in [1.807, 2.05) is 37.3 Å². The molecule has 0 saturated heterocycles. The van der Waals surface area contributed by atoms with Crippen molar-refractivity contribution in [3.8, 4) is 0 Å². The number of hydrogen-bond acceptors (Lipinski definition) is 4. The fourth-order valence-corrected chi connectivity index (χ4v) is 2.31. The number of carbonyl (C=O) groups excluding carboxylic acids is 1. The molecule has 0 unspecified atom stereocenters. The summed E-state index contributed by atoms with van der Waals surface area (Å²) >= 11 is 5.88.